The monoisotopic (exact) mass is 398 g/mol. The molecule has 9 heteroatoms. The number of likely N-dealkylation sites (tertiary alicyclic amines) is 1. The SMILES string of the molecule is CSc1ncc2c(C)c(Br)c(=O)n([C@@H]3CCN(C(=O)O)C3)c2n1. The van der Waals surface area contributed by atoms with E-state index >= 15 is 0 Å². The Morgan fingerprint density at radius 2 is 2.26 bits per heavy atom. The van der Waals surface area contributed by atoms with Gasteiger partial charge in [0.15, 0.2) is 5.16 Å². The Labute approximate surface area is 144 Å². The van der Waals surface area contributed by atoms with Crippen molar-refractivity contribution < 1.29 is 9.90 Å². The van der Waals surface area contributed by atoms with E-state index in [2.05, 4.69) is 25.9 Å². The molecular weight excluding hydrogens is 384 g/mol. The first-order valence-corrected chi connectivity index (χ1v) is 9.05. The van der Waals surface area contributed by atoms with Crippen LogP contribution in [0.25, 0.3) is 11.0 Å². The normalized spacial score (nSPS) is 17.9. The van der Waals surface area contributed by atoms with Gasteiger partial charge < -0.3 is 10.0 Å². The molecule has 1 amide bonds. The van der Waals surface area contributed by atoms with Crippen molar-refractivity contribution in [1.82, 2.24) is 19.4 Å². The van der Waals surface area contributed by atoms with Crippen LogP contribution in [-0.4, -0.2) is 50.0 Å². The van der Waals surface area contributed by atoms with Crippen LogP contribution in [0.2, 0.25) is 0 Å². The van der Waals surface area contributed by atoms with Crippen LogP contribution < -0.4 is 5.56 Å². The molecule has 0 aromatic carbocycles. The standard InChI is InChI=1S/C14H15BrN4O3S/c1-7-9-5-16-13(23-2)17-11(9)19(12(20)10(7)15)8-3-4-18(6-8)14(21)22/h5,8H,3-4,6H2,1-2H3,(H,21,22)/t8-/m1/s1. The first-order valence-electron chi connectivity index (χ1n) is 7.03. The summed E-state index contributed by atoms with van der Waals surface area (Å²) in [5.74, 6) is 0. The number of aryl methyl sites for hydroxylation is 1. The molecule has 3 heterocycles. The number of rotatable bonds is 2. The molecule has 0 unspecified atom stereocenters. The number of hydrogen-bond donors (Lipinski definition) is 1. The van der Waals surface area contributed by atoms with E-state index in [1.807, 2.05) is 13.2 Å². The van der Waals surface area contributed by atoms with Crippen molar-refractivity contribution in [2.45, 2.75) is 24.5 Å². The number of fused-ring (bicyclic) bond motifs is 1. The van der Waals surface area contributed by atoms with Crippen molar-refractivity contribution in [2.24, 2.45) is 0 Å². The van der Waals surface area contributed by atoms with Gasteiger partial charge in [0, 0.05) is 24.7 Å². The van der Waals surface area contributed by atoms with Crippen LogP contribution >= 0.6 is 27.7 Å². The molecule has 7 nitrogen and oxygen atoms in total. The van der Waals surface area contributed by atoms with E-state index in [9.17, 15) is 9.59 Å². The molecule has 2 aromatic rings. The summed E-state index contributed by atoms with van der Waals surface area (Å²) in [4.78, 5) is 34.0. The first-order chi connectivity index (χ1) is 10.9. The average molecular weight is 399 g/mol. The summed E-state index contributed by atoms with van der Waals surface area (Å²) in [6.07, 6.45) is 3.22. The number of carboxylic acid groups (broad SMARTS) is 1. The molecule has 122 valence electrons. The maximum Gasteiger partial charge on any atom is 0.407 e. The fourth-order valence-electron chi connectivity index (χ4n) is 2.85. The Kier molecular flexibility index (Phi) is 4.33. The van der Waals surface area contributed by atoms with Crippen molar-refractivity contribution in [3.05, 3.63) is 26.6 Å². The van der Waals surface area contributed by atoms with Crippen LogP contribution in [0.4, 0.5) is 4.79 Å². The molecule has 1 atom stereocenters. The van der Waals surface area contributed by atoms with E-state index in [-0.39, 0.29) is 11.6 Å². The summed E-state index contributed by atoms with van der Waals surface area (Å²) < 4.78 is 2.08. The Hall–Kier alpha value is -1.61. The second-order valence-electron chi connectivity index (χ2n) is 5.38. The number of nitrogens with zero attached hydrogens (tertiary/aromatic N) is 4. The van der Waals surface area contributed by atoms with E-state index < -0.39 is 6.09 Å². The second-order valence-corrected chi connectivity index (χ2v) is 6.95. The van der Waals surface area contributed by atoms with Gasteiger partial charge in [0.05, 0.1) is 10.5 Å². The summed E-state index contributed by atoms with van der Waals surface area (Å²) in [6.45, 7) is 2.55. The van der Waals surface area contributed by atoms with Crippen molar-refractivity contribution in [2.75, 3.05) is 19.3 Å². The lowest BCUT2D eigenvalue weighted by atomic mass is 10.1. The molecule has 1 fully saturated rings. The molecule has 1 N–H and O–H groups in total. The largest absolute Gasteiger partial charge is 0.465 e. The molecule has 0 spiro atoms. The van der Waals surface area contributed by atoms with Gasteiger partial charge in [0.2, 0.25) is 0 Å². The summed E-state index contributed by atoms with van der Waals surface area (Å²) >= 11 is 4.76. The molecule has 0 saturated carbocycles. The lowest BCUT2D eigenvalue weighted by molar-refractivity contribution is 0.154. The van der Waals surface area contributed by atoms with Gasteiger partial charge in [-0.2, -0.15) is 0 Å². The van der Waals surface area contributed by atoms with Crippen molar-refractivity contribution >= 4 is 44.8 Å². The molecule has 1 aliphatic rings. The van der Waals surface area contributed by atoms with Gasteiger partial charge in [-0.3, -0.25) is 9.36 Å². The van der Waals surface area contributed by atoms with E-state index in [4.69, 9.17) is 5.11 Å². The summed E-state index contributed by atoms with van der Waals surface area (Å²) in [6, 6.07) is -0.220. The fourth-order valence-corrected chi connectivity index (χ4v) is 3.59. The van der Waals surface area contributed by atoms with Gasteiger partial charge in [-0.1, -0.05) is 11.8 Å². The van der Waals surface area contributed by atoms with Gasteiger partial charge in [-0.05, 0) is 41.1 Å². The highest BCUT2D eigenvalue weighted by Gasteiger charge is 2.30. The number of carbonyl (C=O) groups is 1. The summed E-state index contributed by atoms with van der Waals surface area (Å²) in [7, 11) is 0. The molecule has 2 aromatic heterocycles. The predicted molar refractivity (Wildman–Crippen MR) is 91.3 cm³/mol. The van der Waals surface area contributed by atoms with E-state index in [1.165, 1.54) is 16.7 Å². The lowest BCUT2D eigenvalue weighted by Gasteiger charge is -2.19. The molecule has 23 heavy (non-hydrogen) atoms. The zero-order valence-electron chi connectivity index (χ0n) is 12.6. The highest BCUT2D eigenvalue weighted by molar-refractivity contribution is 9.10. The molecule has 3 rings (SSSR count). The van der Waals surface area contributed by atoms with Gasteiger partial charge in [-0.25, -0.2) is 14.8 Å². The zero-order valence-corrected chi connectivity index (χ0v) is 15.0. The fraction of sp³-hybridized carbons (Fsp3) is 0.429. The van der Waals surface area contributed by atoms with Crippen molar-refractivity contribution in [3.63, 3.8) is 0 Å². The van der Waals surface area contributed by atoms with Crippen LogP contribution in [0.3, 0.4) is 0 Å². The third kappa shape index (κ3) is 2.72. The van der Waals surface area contributed by atoms with E-state index in [1.54, 1.807) is 10.8 Å². The van der Waals surface area contributed by atoms with Crippen LogP contribution in [-0.2, 0) is 0 Å². The van der Waals surface area contributed by atoms with Crippen LogP contribution in [0.5, 0.6) is 0 Å². The third-order valence-corrected chi connectivity index (χ3v) is 5.59. The predicted octanol–water partition coefficient (Wildman–Crippen LogP) is 2.51. The molecule has 1 aliphatic heterocycles. The number of amides is 1. The summed E-state index contributed by atoms with van der Waals surface area (Å²) in [5, 5.41) is 10.5. The minimum Gasteiger partial charge on any atom is -0.465 e. The van der Waals surface area contributed by atoms with E-state index in [0.717, 1.165) is 10.9 Å². The highest BCUT2D eigenvalue weighted by Crippen LogP contribution is 2.28. The topological polar surface area (TPSA) is 88.3 Å². The second kappa shape index (κ2) is 6.12. The van der Waals surface area contributed by atoms with Gasteiger partial charge in [0.25, 0.3) is 5.56 Å². The quantitative estimate of drug-likeness (QED) is 0.617. The smallest absolute Gasteiger partial charge is 0.407 e. The lowest BCUT2D eigenvalue weighted by Crippen LogP contribution is -2.31. The van der Waals surface area contributed by atoms with Gasteiger partial charge in [-0.15, -0.1) is 0 Å². The minimum atomic E-state index is -0.963. The highest BCUT2D eigenvalue weighted by atomic mass is 79.9. The Balaban J connectivity index is 2.23. The van der Waals surface area contributed by atoms with Crippen LogP contribution in [0.15, 0.2) is 20.6 Å². The Morgan fingerprint density at radius 3 is 2.87 bits per heavy atom. The van der Waals surface area contributed by atoms with Gasteiger partial charge in [0.1, 0.15) is 5.65 Å². The number of thioether (sulfide) groups is 1. The zero-order chi connectivity index (χ0) is 16.7. The van der Waals surface area contributed by atoms with Crippen molar-refractivity contribution in [1.29, 1.82) is 0 Å². The van der Waals surface area contributed by atoms with Gasteiger partial charge >= 0.3 is 6.09 Å². The molecular formula is C14H15BrN4O3S. The Morgan fingerprint density at radius 1 is 1.52 bits per heavy atom. The number of hydrogen-bond acceptors (Lipinski definition) is 5. The number of pyridine rings is 1. The molecule has 0 aliphatic carbocycles. The van der Waals surface area contributed by atoms with Crippen molar-refractivity contribution in [3.8, 4) is 0 Å². The van der Waals surface area contributed by atoms with Crippen LogP contribution in [0.1, 0.15) is 18.0 Å². The maximum atomic E-state index is 12.7. The minimum absolute atomic E-state index is 0.182. The molecule has 1 saturated heterocycles. The first kappa shape index (κ1) is 16.3. The maximum absolute atomic E-state index is 12.7. The number of aromatic nitrogens is 3. The average Bonchev–Trinajstić information content (AvgIpc) is 3.02. The van der Waals surface area contributed by atoms with Crippen LogP contribution in [0, 0.1) is 6.92 Å². The molecule has 0 radical (unpaired) electrons. The summed E-state index contributed by atoms with van der Waals surface area (Å²) in [5.41, 5.74) is 1.17. The van der Waals surface area contributed by atoms with E-state index in [0.29, 0.717) is 34.8 Å². The Bertz CT molecular complexity index is 854. The number of halogens is 1. The third-order valence-electron chi connectivity index (χ3n) is 4.10. The molecule has 0 bridgehead atoms.